The highest BCUT2D eigenvalue weighted by molar-refractivity contribution is 14.1. The Bertz CT molecular complexity index is 1070. The monoisotopic (exact) mass is 494 g/mol. The van der Waals surface area contributed by atoms with Gasteiger partial charge in [-0.2, -0.15) is 5.26 Å². The molecule has 2 aromatic rings. The van der Waals surface area contributed by atoms with Crippen LogP contribution in [0.5, 0.6) is 0 Å². The summed E-state index contributed by atoms with van der Waals surface area (Å²) in [7, 11) is -3.89. The maximum absolute atomic E-state index is 13.1. The molecule has 6 nitrogen and oxygen atoms in total. The van der Waals surface area contributed by atoms with Gasteiger partial charge in [0, 0.05) is 9.13 Å². The van der Waals surface area contributed by atoms with Crippen molar-refractivity contribution >= 4 is 44.3 Å². The van der Waals surface area contributed by atoms with Crippen molar-refractivity contribution in [3.63, 3.8) is 0 Å². The van der Waals surface area contributed by atoms with E-state index in [-0.39, 0.29) is 29.3 Å². The molecule has 27 heavy (non-hydrogen) atoms. The summed E-state index contributed by atoms with van der Waals surface area (Å²) in [6.07, 6.45) is 0. The van der Waals surface area contributed by atoms with Gasteiger partial charge < -0.3 is 4.74 Å². The third-order valence-corrected chi connectivity index (χ3v) is 6.55. The lowest BCUT2D eigenvalue weighted by molar-refractivity contribution is -0.137. The zero-order valence-corrected chi connectivity index (χ0v) is 17.3. The second-order valence-corrected chi connectivity index (χ2v) is 8.77. The minimum absolute atomic E-state index is 0.00779. The second-order valence-electron chi connectivity index (χ2n) is 5.69. The Balaban J connectivity index is 2.21. The molecule has 0 N–H and O–H groups in total. The first-order valence-corrected chi connectivity index (χ1v) is 10.6. The summed E-state index contributed by atoms with van der Waals surface area (Å²) in [6.45, 7) is 1.72. The van der Waals surface area contributed by atoms with Gasteiger partial charge in [0.15, 0.2) is 5.57 Å². The van der Waals surface area contributed by atoms with E-state index in [2.05, 4.69) is 22.6 Å². The van der Waals surface area contributed by atoms with Gasteiger partial charge in [0.25, 0.3) is 10.0 Å². The molecule has 1 heterocycles. The average molecular weight is 494 g/mol. The first kappa shape index (κ1) is 19.4. The van der Waals surface area contributed by atoms with Crippen LogP contribution in [0.15, 0.2) is 59.0 Å². The summed E-state index contributed by atoms with van der Waals surface area (Å²) in [5.41, 5.74) is 0.805. The normalized spacial score (nSPS) is 16.4. The van der Waals surface area contributed by atoms with Crippen LogP contribution < -0.4 is 0 Å². The van der Waals surface area contributed by atoms with E-state index in [1.807, 2.05) is 30.3 Å². The number of nitrogens with zero attached hydrogens (tertiary/aromatic N) is 2. The lowest BCUT2D eigenvalue weighted by Crippen LogP contribution is -2.25. The second kappa shape index (κ2) is 7.70. The summed E-state index contributed by atoms with van der Waals surface area (Å²) < 4.78 is 33.3. The molecule has 8 heteroatoms. The molecule has 0 saturated heterocycles. The third kappa shape index (κ3) is 3.57. The molecule has 0 aromatic heterocycles. The third-order valence-electron chi connectivity index (χ3n) is 4.03. The lowest BCUT2D eigenvalue weighted by Gasteiger charge is -2.20. The van der Waals surface area contributed by atoms with E-state index >= 15 is 0 Å². The number of esters is 1. The molecular weight excluding hydrogens is 479 g/mol. The fourth-order valence-electron chi connectivity index (χ4n) is 2.84. The number of sulfonamides is 1. The Labute approximate surface area is 171 Å². The number of hydrogen-bond donors (Lipinski definition) is 0. The smallest absolute Gasteiger partial charge is 0.351 e. The van der Waals surface area contributed by atoms with E-state index in [4.69, 9.17) is 4.74 Å². The fraction of sp³-hybridized carbons (Fsp3) is 0.158. The molecule has 2 aromatic carbocycles. The van der Waals surface area contributed by atoms with E-state index in [1.165, 1.54) is 6.07 Å². The van der Waals surface area contributed by atoms with Crippen molar-refractivity contribution in [3.05, 3.63) is 68.8 Å². The predicted octanol–water partition coefficient (Wildman–Crippen LogP) is 3.29. The van der Waals surface area contributed by atoms with Crippen molar-refractivity contribution in [2.24, 2.45) is 0 Å². The molecule has 0 aliphatic carbocycles. The quantitative estimate of drug-likeness (QED) is 0.282. The van der Waals surface area contributed by atoms with Crippen molar-refractivity contribution in [1.29, 1.82) is 5.26 Å². The van der Waals surface area contributed by atoms with Crippen LogP contribution in [0.2, 0.25) is 0 Å². The minimum atomic E-state index is -3.89. The highest BCUT2D eigenvalue weighted by atomic mass is 127. The van der Waals surface area contributed by atoms with Crippen LogP contribution in [-0.4, -0.2) is 25.3 Å². The van der Waals surface area contributed by atoms with Gasteiger partial charge in [0.05, 0.1) is 23.7 Å². The number of hydrogen-bond acceptors (Lipinski definition) is 5. The number of halogens is 1. The molecule has 1 aliphatic rings. The maximum Gasteiger partial charge on any atom is 0.351 e. The summed E-state index contributed by atoms with van der Waals surface area (Å²) in [6, 6.07) is 15.5. The zero-order valence-electron chi connectivity index (χ0n) is 14.3. The minimum Gasteiger partial charge on any atom is -0.462 e. The molecule has 0 amide bonds. The van der Waals surface area contributed by atoms with Crippen LogP contribution in [0.3, 0.4) is 0 Å². The number of carbonyl (C=O) groups is 1. The molecule has 3 rings (SSSR count). The van der Waals surface area contributed by atoms with E-state index < -0.39 is 16.0 Å². The molecule has 0 fully saturated rings. The molecule has 0 bridgehead atoms. The van der Waals surface area contributed by atoms with E-state index in [9.17, 15) is 18.5 Å². The number of benzene rings is 2. The van der Waals surface area contributed by atoms with Crippen molar-refractivity contribution in [1.82, 2.24) is 4.31 Å². The number of nitriles is 1. The van der Waals surface area contributed by atoms with Crippen molar-refractivity contribution in [2.75, 3.05) is 6.61 Å². The molecule has 0 spiro atoms. The summed E-state index contributed by atoms with van der Waals surface area (Å²) >= 11 is 2.16. The van der Waals surface area contributed by atoms with E-state index in [1.54, 1.807) is 25.1 Å². The van der Waals surface area contributed by atoms with Gasteiger partial charge in [0.2, 0.25) is 0 Å². The Kier molecular flexibility index (Phi) is 5.53. The zero-order chi connectivity index (χ0) is 19.6. The van der Waals surface area contributed by atoms with E-state index in [0.717, 1.165) is 13.4 Å². The molecule has 0 radical (unpaired) electrons. The summed E-state index contributed by atoms with van der Waals surface area (Å²) in [4.78, 5) is 12.4. The van der Waals surface area contributed by atoms with Gasteiger partial charge >= 0.3 is 5.97 Å². The van der Waals surface area contributed by atoms with E-state index in [0.29, 0.717) is 5.56 Å². The highest BCUT2D eigenvalue weighted by Gasteiger charge is 2.41. The largest absolute Gasteiger partial charge is 0.462 e. The number of carbonyl (C=O) groups excluding carboxylic acids is 1. The topological polar surface area (TPSA) is 87.5 Å². The fourth-order valence-corrected chi connectivity index (χ4v) is 4.88. The highest BCUT2D eigenvalue weighted by Crippen LogP contribution is 2.41. The first-order valence-electron chi connectivity index (χ1n) is 8.08. The van der Waals surface area contributed by atoms with Crippen LogP contribution in [0.1, 0.15) is 18.1 Å². The van der Waals surface area contributed by atoms with Crippen LogP contribution in [0.25, 0.3) is 5.70 Å². The molecule has 0 unspecified atom stereocenters. The standard InChI is InChI=1S/C19H15IN2O4S/c1-2-26-19(23)16(11-21)18-15-5-3-4-6-17(15)27(24,25)22(18)12-13-7-9-14(20)10-8-13/h3-10H,2,12H2,1H3/b18-16-. The summed E-state index contributed by atoms with van der Waals surface area (Å²) in [5, 5.41) is 9.57. The molecule has 138 valence electrons. The Morgan fingerprint density at radius 1 is 1.19 bits per heavy atom. The first-order chi connectivity index (χ1) is 12.9. The SMILES string of the molecule is CCOC(=O)/C(C#N)=C1/c2ccccc2S(=O)(=O)N1Cc1ccc(I)cc1. The van der Waals surface area contributed by atoms with Crippen molar-refractivity contribution < 1.29 is 17.9 Å². The number of fused-ring (bicyclic) bond motifs is 1. The van der Waals surface area contributed by atoms with Gasteiger partial charge in [-0.25, -0.2) is 13.2 Å². The van der Waals surface area contributed by atoms with Crippen molar-refractivity contribution in [2.45, 2.75) is 18.4 Å². The molecule has 0 atom stereocenters. The maximum atomic E-state index is 13.1. The Morgan fingerprint density at radius 3 is 2.48 bits per heavy atom. The van der Waals surface area contributed by atoms with Gasteiger partial charge in [-0.15, -0.1) is 0 Å². The van der Waals surface area contributed by atoms with Gasteiger partial charge in [0.1, 0.15) is 6.07 Å². The molecular formula is C19H15IN2O4S. The Morgan fingerprint density at radius 2 is 1.85 bits per heavy atom. The molecule has 1 aliphatic heterocycles. The van der Waals surface area contributed by atoms with Crippen LogP contribution in [-0.2, 0) is 26.1 Å². The van der Waals surface area contributed by atoms with Gasteiger partial charge in [-0.3, -0.25) is 4.31 Å². The van der Waals surface area contributed by atoms with Gasteiger partial charge in [-0.05, 0) is 53.3 Å². The van der Waals surface area contributed by atoms with Gasteiger partial charge in [-0.1, -0.05) is 30.3 Å². The van der Waals surface area contributed by atoms with Crippen LogP contribution >= 0.6 is 22.6 Å². The lowest BCUT2D eigenvalue weighted by atomic mass is 10.1. The van der Waals surface area contributed by atoms with Crippen LogP contribution in [0.4, 0.5) is 0 Å². The number of ether oxygens (including phenoxy) is 1. The average Bonchev–Trinajstić information content (AvgIpc) is 2.86. The number of rotatable bonds is 4. The Hall–Kier alpha value is -2.38. The summed E-state index contributed by atoms with van der Waals surface area (Å²) in [5.74, 6) is -0.838. The molecule has 0 saturated carbocycles. The van der Waals surface area contributed by atoms with Crippen LogP contribution in [0, 0.1) is 14.9 Å². The predicted molar refractivity (Wildman–Crippen MR) is 107 cm³/mol. The van der Waals surface area contributed by atoms with Crippen molar-refractivity contribution in [3.8, 4) is 6.07 Å².